The van der Waals surface area contributed by atoms with E-state index in [-0.39, 0.29) is 12.5 Å². The van der Waals surface area contributed by atoms with Gasteiger partial charge >= 0.3 is 6.03 Å². The molecule has 1 aromatic carbocycles. The number of urea groups is 1. The smallest absolute Gasteiger partial charge is 0.322 e. The third-order valence-corrected chi connectivity index (χ3v) is 4.07. The minimum absolute atomic E-state index is 0.0935. The lowest BCUT2D eigenvalue weighted by Crippen LogP contribution is -2.47. The fraction of sp³-hybridized carbons (Fsp3) is 0.200. The van der Waals surface area contributed by atoms with Crippen molar-refractivity contribution in [3.05, 3.63) is 58.3 Å². The van der Waals surface area contributed by atoms with Crippen LogP contribution in [-0.4, -0.2) is 18.5 Å². The highest BCUT2D eigenvalue weighted by Gasteiger charge is 2.48. The van der Waals surface area contributed by atoms with Gasteiger partial charge in [0.1, 0.15) is 0 Å². The second-order valence-corrected chi connectivity index (χ2v) is 5.58. The number of carbonyl (C=O) groups is 2. The fourth-order valence-corrected chi connectivity index (χ4v) is 3.01. The van der Waals surface area contributed by atoms with Crippen molar-refractivity contribution in [1.29, 1.82) is 0 Å². The SMILES string of the molecule is O=C1NC(=O)C(COCc2ccccc2)(c2ccsc2)N1. The lowest BCUT2D eigenvalue weighted by molar-refractivity contribution is -0.126. The van der Waals surface area contributed by atoms with Crippen LogP contribution in [0.15, 0.2) is 47.2 Å². The molecule has 21 heavy (non-hydrogen) atoms. The predicted molar refractivity (Wildman–Crippen MR) is 78.8 cm³/mol. The first-order valence-electron chi connectivity index (χ1n) is 6.49. The zero-order valence-electron chi connectivity index (χ0n) is 11.2. The molecule has 0 radical (unpaired) electrons. The van der Waals surface area contributed by atoms with Crippen molar-refractivity contribution in [2.45, 2.75) is 12.1 Å². The van der Waals surface area contributed by atoms with Gasteiger partial charge in [0.25, 0.3) is 5.91 Å². The maximum absolute atomic E-state index is 12.2. The lowest BCUT2D eigenvalue weighted by atomic mass is 9.93. The topological polar surface area (TPSA) is 67.4 Å². The molecule has 6 heteroatoms. The standard InChI is InChI=1S/C15H14N2O3S/c18-13-15(17-14(19)16-13,12-6-7-21-9-12)10-20-8-11-4-2-1-3-5-11/h1-7,9H,8,10H2,(H2,16,17,18,19). The first kappa shape index (κ1) is 13.8. The van der Waals surface area contributed by atoms with Gasteiger partial charge in [0.15, 0.2) is 5.54 Å². The summed E-state index contributed by atoms with van der Waals surface area (Å²) in [5.74, 6) is -0.376. The van der Waals surface area contributed by atoms with Gasteiger partial charge in [0.2, 0.25) is 0 Å². The van der Waals surface area contributed by atoms with E-state index in [0.29, 0.717) is 6.61 Å². The number of benzene rings is 1. The Labute approximate surface area is 125 Å². The molecule has 2 N–H and O–H groups in total. The summed E-state index contributed by atoms with van der Waals surface area (Å²) in [4.78, 5) is 23.7. The van der Waals surface area contributed by atoms with Crippen LogP contribution in [0.4, 0.5) is 4.79 Å². The van der Waals surface area contributed by atoms with Crippen molar-refractivity contribution >= 4 is 23.3 Å². The molecule has 2 heterocycles. The summed E-state index contributed by atoms with van der Waals surface area (Å²) in [6.45, 7) is 0.478. The molecule has 1 aliphatic heterocycles. The first-order valence-corrected chi connectivity index (χ1v) is 7.43. The molecular weight excluding hydrogens is 288 g/mol. The van der Waals surface area contributed by atoms with Crippen LogP contribution in [0.1, 0.15) is 11.1 Å². The molecule has 0 bridgehead atoms. The van der Waals surface area contributed by atoms with Crippen LogP contribution in [0, 0.1) is 0 Å². The summed E-state index contributed by atoms with van der Waals surface area (Å²) in [5.41, 5.74) is 0.623. The van der Waals surface area contributed by atoms with Crippen molar-refractivity contribution < 1.29 is 14.3 Å². The van der Waals surface area contributed by atoms with Crippen LogP contribution in [0.5, 0.6) is 0 Å². The van der Waals surface area contributed by atoms with E-state index in [9.17, 15) is 9.59 Å². The Bertz CT molecular complexity index is 642. The van der Waals surface area contributed by atoms with Crippen molar-refractivity contribution in [2.24, 2.45) is 0 Å². The van der Waals surface area contributed by atoms with Crippen molar-refractivity contribution in [3.63, 3.8) is 0 Å². The van der Waals surface area contributed by atoms with Gasteiger partial charge in [-0.25, -0.2) is 4.79 Å². The zero-order valence-corrected chi connectivity index (χ0v) is 12.0. The number of ether oxygens (including phenoxy) is 1. The summed E-state index contributed by atoms with van der Waals surface area (Å²) in [5, 5.41) is 8.68. The van der Waals surface area contributed by atoms with E-state index in [1.165, 1.54) is 11.3 Å². The number of nitrogens with one attached hydrogen (secondary N) is 2. The number of hydrogen-bond donors (Lipinski definition) is 2. The molecule has 1 saturated heterocycles. The Morgan fingerprint density at radius 2 is 1.95 bits per heavy atom. The number of hydrogen-bond acceptors (Lipinski definition) is 4. The highest BCUT2D eigenvalue weighted by atomic mass is 32.1. The molecule has 1 fully saturated rings. The highest BCUT2D eigenvalue weighted by Crippen LogP contribution is 2.27. The van der Waals surface area contributed by atoms with Gasteiger partial charge in [-0.1, -0.05) is 30.3 Å². The van der Waals surface area contributed by atoms with E-state index < -0.39 is 11.6 Å². The van der Waals surface area contributed by atoms with Gasteiger partial charge in [-0.05, 0) is 22.4 Å². The second-order valence-electron chi connectivity index (χ2n) is 4.80. The average Bonchev–Trinajstić information content (AvgIpc) is 3.09. The van der Waals surface area contributed by atoms with Crippen molar-refractivity contribution in [2.75, 3.05) is 6.61 Å². The zero-order chi connectivity index (χ0) is 14.7. The third kappa shape index (κ3) is 2.68. The Hall–Kier alpha value is -2.18. The predicted octanol–water partition coefficient (Wildman–Crippen LogP) is 2.00. The van der Waals surface area contributed by atoms with Gasteiger partial charge < -0.3 is 10.1 Å². The van der Waals surface area contributed by atoms with Gasteiger partial charge in [0.05, 0.1) is 13.2 Å². The van der Waals surface area contributed by atoms with E-state index in [1.54, 1.807) is 0 Å². The van der Waals surface area contributed by atoms with Crippen LogP contribution in [0.25, 0.3) is 0 Å². The van der Waals surface area contributed by atoms with Crippen LogP contribution in [0.3, 0.4) is 0 Å². The third-order valence-electron chi connectivity index (χ3n) is 3.39. The molecule has 3 amide bonds. The molecule has 3 rings (SSSR count). The van der Waals surface area contributed by atoms with E-state index in [2.05, 4.69) is 10.6 Å². The quantitative estimate of drug-likeness (QED) is 0.830. The van der Waals surface area contributed by atoms with Crippen LogP contribution >= 0.6 is 11.3 Å². The average molecular weight is 302 g/mol. The molecule has 0 spiro atoms. The number of carbonyl (C=O) groups excluding carboxylic acids is 2. The largest absolute Gasteiger partial charge is 0.373 e. The van der Waals surface area contributed by atoms with Crippen LogP contribution < -0.4 is 10.6 Å². The van der Waals surface area contributed by atoms with Gasteiger partial charge in [-0.15, -0.1) is 0 Å². The Kier molecular flexibility index (Phi) is 3.72. The minimum Gasteiger partial charge on any atom is -0.373 e. The number of rotatable bonds is 5. The summed E-state index contributed by atoms with van der Waals surface area (Å²) in [6.07, 6.45) is 0. The first-order chi connectivity index (χ1) is 10.2. The maximum Gasteiger partial charge on any atom is 0.322 e. The van der Waals surface area contributed by atoms with Gasteiger partial charge in [0, 0.05) is 5.56 Å². The number of amides is 3. The molecule has 1 unspecified atom stereocenters. The lowest BCUT2D eigenvalue weighted by Gasteiger charge is -2.25. The summed E-state index contributed by atoms with van der Waals surface area (Å²) in [7, 11) is 0. The monoisotopic (exact) mass is 302 g/mol. The molecule has 2 aromatic rings. The summed E-state index contributed by atoms with van der Waals surface area (Å²) >= 11 is 1.47. The highest BCUT2D eigenvalue weighted by molar-refractivity contribution is 7.08. The fourth-order valence-electron chi connectivity index (χ4n) is 2.28. The normalized spacial score (nSPS) is 21.1. The van der Waals surface area contributed by atoms with E-state index in [1.807, 2.05) is 47.2 Å². The molecule has 108 valence electrons. The van der Waals surface area contributed by atoms with E-state index >= 15 is 0 Å². The Morgan fingerprint density at radius 3 is 2.57 bits per heavy atom. The molecular formula is C15H14N2O3S. The Balaban J connectivity index is 1.75. The molecule has 1 aliphatic rings. The minimum atomic E-state index is -1.13. The molecule has 1 atom stereocenters. The van der Waals surface area contributed by atoms with Crippen LogP contribution in [-0.2, 0) is 21.7 Å². The van der Waals surface area contributed by atoms with Gasteiger partial charge in [-0.2, -0.15) is 11.3 Å². The number of imide groups is 1. The molecule has 5 nitrogen and oxygen atoms in total. The summed E-state index contributed by atoms with van der Waals surface area (Å²) in [6, 6.07) is 11.0. The molecule has 1 aromatic heterocycles. The van der Waals surface area contributed by atoms with E-state index in [0.717, 1.165) is 11.1 Å². The van der Waals surface area contributed by atoms with E-state index in [4.69, 9.17) is 4.74 Å². The summed E-state index contributed by atoms with van der Waals surface area (Å²) < 4.78 is 5.68. The molecule has 0 saturated carbocycles. The number of thiophene rings is 1. The molecule has 0 aliphatic carbocycles. The van der Waals surface area contributed by atoms with Gasteiger partial charge in [-0.3, -0.25) is 10.1 Å². The van der Waals surface area contributed by atoms with Crippen molar-refractivity contribution in [1.82, 2.24) is 10.6 Å². The Morgan fingerprint density at radius 1 is 1.14 bits per heavy atom. The van der Waals surface area contributed by atoms with Crippen molar-refractivity contribution in [3.8, 4) is 0 Å². The second kappa shape index (κ2) is 5.67. The van der Waals surface area contributed by atoms with Crippen LogP contribution in [0.2, 0.25) is 0 Å². The maximum atomic E-state index is 12.2.